The number of nitrogens with one attached hydrogen (secondary N) is 1. The van der Waals surface area contributed by atoms with Crippen molar-refractivity contribution in [2.75, 3.05) is 6.54 Å². The fourth-order valence-corrected chi connectivity index (χ4v) is 1.85. The van der Waals surface area contributed by atoms with E-state index in [1.54, 1.807) is 0 Å². The van der Waals surface area contributed by atoms with Crippen LogP contribution in [0, 0.1) is 16.2 Å². The van der Waals surface area contributed by atoms with Crippen molar-refractivity contribution in [1.29, 1.82) is 0 Å². The molecule has 0 aromatic heterocycles. The van der Waals surface area contributed by atoms with Crippen molar-refractivity contribution in [3.8, 4) is 0 Å². The van der Waals surface area contributed by atoms with Gasteiger partial charge in [-0.1, -0.05) is 62.0 Å². The minimum atomic E-state index is 0.373. The van der Waals surface area contributed by atoms with Gasteiger partial charge in [-0.15, -0.1) is 0 Å². The molecule has 0 aromatic rings. The van der Waals surface area contributed by atoms with Crippen molar-refractivity contribution in [2.24, 2.45) is 16.2 Å². The maximum atomic E-state index is 4.00. The normalized spacial score (nSPS) is 13.5. The molecule has 1 heteroatoms. The van der Waals surface area contributed by atoms with E-state index in [2.05, 4.69) is 67.3 Å². The third-order valence-corrected chi connectivity index (χ3v) is 5.06. The Labute approximate surface area is 122 Å². The lowest BCUT2D eigenvalue weighted by Gasteiger charge is -2.41. The predicted octanol–water partition coefficient (Wildman–Crippen LogP) is 5.77. The zero-order chi connectivity index (χ0) is 15.3. The molecule has 0 aliphatic rings. The SMILES string of the molecule is C=C(CC)NCCC(C)(C)CCC(C)(C)C(C)(C)C. The molecule has 0 bridgehead atoms. The van der Waals surface area contributed by atoms with Crippen LogP contribution in [0.2, 0.25) is 0 Å². The fourth-order valence-electron chi connectivity index (χ4n) is 1.85. The number of rotatable bonds is 8. The van der Waals surface area contributed by atoms with Crippen LogP contribution in [0.1, 0.15) is 81.1 Å². The standard InChI is InChI=1S/C18H37N/c1-10-15(2)19-14-13-17(6,7)11-12-18(8,9)16(3,4)5/h19H,2,10-14H2,1,3-9H3. The molecule has 0 amide bonds. The molecule has 0 saturated carbocycles. The van der Waals surface area contributed by atoms with Crippen LogP contribution in [0.25, 0.3) is 0 Å². The summed E-state index contributed by atoms with van der Waals surface area (Å²) < 4.78 is 0. The Bertz CT molecular complexity index is 279. The van der Waals surface area contributed by atoms with Gasteiger partial charge in [0, 0.05) is 12.2 Å². The Morgan fingerprint density at radius 1 is 0.895 bits per heavy atom. The Hall–Kier alpha value is -0.460. The highest BCUT2D eigenvalue weighted by Crippen LogP contribution is 2.44. The highest BCUT2D eigenvalue weighted by molar-refractivity contribution is 4.90. The molecule has 0 heterocycles. The number of hydrogen-bond donors (Lipinski definition) is 1. The smallest absolute Gasteiger partial charge is 0.0148 e. The van der Waals surface area contributed by atoms with E-state index in [-0.39, 0.29) is 0 Å². The maximum absolute atomic E-state index is 4.00. The van der Waals surface area contributed by atoms with E-state index in [1.807, 2.05) is 0 Å². The van der Waals surface area contributed by atoms with Crippen LogP contribution in [-0.2, 0) is 0 Å². The van der Waals surface area contributed by atoms with E-state index in [0.29, 0.717) is 16.2 Å². The Morgan fingerprint density at radius 3 is 1.84 bits per heavy atom. The maximum Gasteiger partial charge on any atom is 0.0148 e. The lowest BCUT2D eigenvalue weighted by atomic mass is 9.65. The lowest BCUT2D eigenvalue weighted by molar-refractivity contribution is 0.0966. The largest absolute Gasteiger partial charge is 0.389 e. The van der Waals surface area contributed by atoms with Crippen molar-refractivity contribution < 1.29 is 0 Å². The predicted molar refractivity (Wildman–Crippen MR) is 88.3 cm³/mol. The highest BCUT2D eigenvalue weighted by atomic mass is 14.9. The monoisotopic (exact) mass is 267 g/mol. The second kappa shape index (κ2) is 6.81. The summed E-state index contributed by atoms with van der Waals surface area (Å²) >= 11 is 0. The summed E-state index contributed by atoms with van der Waals surface area (Å²) in [6.45, 7) is 23.8. The molecule has 0 unspecified atom stereocenters. The number of hydrogen-bond acceptors (Lipinski definition) is 1. The van der Waals surface area contributed by atoms with E-state index in [9.17, 15) is 0 Å². The van der Waals surface area contributed by atoms with Gasteiger partial charge in [0.25, 0.3) is 0 Å². The molecule has 0 saturated heterocycles. The molecule has 0 fully saturated rings. The van der Waals surface area contributed by atoms with Crippen molar-refractivity contribution in [3.63, 3.8) is 0 Å². The Morgan fingerprint density at radius 2 is 1.42 bits per heavy atom. The minimum Gasteiger partial charge on any atom is -0.389 e. The molecule has 114 valence electrons. The average Bonchev–Trinajstić information content (AvgIpc) is 2.24. The van der Waals surface area contributed by atoms with Gasteiger partial charge in [0.1, 0.15) is 0 Å². The highest BCUT2D eigenvalue weighted by Gasteiger charge is 2.34. The van der Waals surface area contributed by atoms with E-state index < -0.39 is 0 Å². The summed E-state index contributed by atoms with van der Waals surface area (Å²) in [5.41, 5.74) is 2.33. The van der Waals surface area contributed by atoms with Crippen molar-refractivity contribution >= 4 is 0 Å². The van der Waals surface area contributed by atoms with Gasteiger partial charge in [-0.05, 0) is 41.9 Å². The first-order chi connectivity index (χ1) is 8.41. The summed E-state index contributed by atoms with van der Waals surface area (Å²) in [4.78, 5) is 0. The fraction of sp³-hybridized carbons (Fsp3) is 0.889. The molecule has 1 nitrogen and oxygen atoms in total. The molecule has 0 spiro atoms. The zero-order valence-electron chi connectivity index (χ0n) is 14.7. The zero-order valence-corrected chi connectivity index (χ0v) is 14.7. The summed E-state index contributed by atoms with van der Waals surface area (Å²) in [5.74, 6) is 0. The van der Waals surface area contributed by atoms with E-state index >= 15 is 0 Å². The second-order valence-electron chi connectivity index (χ2n) is 8.43. The van der Waals surface area contributed by atoms with Gasteiger partial charge in [0.15, 0.2) is 0 Å². The third kappa shape index (κ3) is 7.03. The first kappa shape index (κ1) is 18.5. The molecule has 19 heavy (non-hydrogen) atoms. The Balaban J connectivity index is 4.20. The molecule has 0 atom stereocenters. The van der Waals surface area contributed by atoms with Crippen molar-refractivity contribution in [3.05, 3.63) is 12.3 Å². The van der Waals surface area contributed by atoms with Gasteiger partial charge in [-0.25, -0.2) is 0 Å². The second-order valence-corrected chi connectivity index (χ2v) is 8.43. The third-order valence-electron chi connectivity index (χ3n) is 5.06. The molecule has 0 aliphatic carbocycles. The van der Waals surface area contributed by atoms with Gasteiger partial charge in [0.2, 0.25) is 0 Å². The average molecular weight is 268 g/mol. The Kier molecular flexibility index (Phi) is 6.65. The number of allylic oxidation sites excluding steroid dienone is 1. The van der Waals surface area contributed by atoms with Gasteiger partial charge < -0.3 is 5.32 Å². The quantitative estimate of drug-likeness (QED) is 0.589. The molecule has 1 N–H and O–H groups in total. The lowest BCUT2D eigenvalue weighted by Crippen LogP contribution is -2.31. The van der Waals surface area contributed by atoms with Crippen molar-refractivity contribution in [2.45, 2.75) is 81.1 Å². The van der Waals surface area contributed by atoms with Crippen LogP contribution >= 0.6 is 0 Å². The molecular weight excluding hydrogens is 230 g/mol. The van der Waals surface area contributed by atoms with Crippen LogP contribution < -0.4 is 5.32 Å². The molecule has 0 radical (unpaired) electrons. The summed E-state index contributed by atoms with van der Waals surface area (Å²) in [6.07, 6.45) is 4.82. The summed E-state index contributed by atoms with van der Waals surface area (Å²) in [7, 11) is 0. The molecule has 0 aliphatic heterocycles. The molecule has 0 aromatic carbocycles. The van der Waals surface area contributed by atoms with Crippen LogP contribution in [0.3, 0.4) is 0 Å². The topological polar surface area (TPSA) is 12.0 Å². The molecular formula is C18H37N. The minimum absolute atomic E-state index is 0.373. The van der Waals surface area contributed by atoms with E-state index in [4.69, 9.17) is 0 Å². The van der Waals surface area contributed by atoms with Gasteiger partial charge in [-0.3, -0.25) is 0 Å². The van der Waals surface area contributed by atoms with Crippen molar-refractivity contribution in [1.82, 2.24) is 5.32 Å². The first-order valence-corrected chi connectivity index (χ1v) is 7.83. The summed E-state index contributed by atoms with van der Waals surface area (Å²) in [5, 5.41) is 3.42. The van der Waals surface area contributed by atoms with E-state index in [0.717, 1.165) is 18.7 Å². The van der Waals surface area contributed by atoms with Gasteiger partial charge in [0.05, 0.1) is 0 Å². The first-order valence-electron chi connectivity index (χ1n) is 7.83. The van der Waals surface area contributed by atoms with Crippen LogP contribution in [0.5, 0.6) is 0 Å². The van der Waals surface area contributed by atoms with Crippen LogP contribution in [-0.4, -0.2) is 6.54 Å². The summed E-state index contributed by atoms with van der Waals surface area (Å²) in [6, 6.07) is 0. The van der Waals surface area contributed by atoms with Crippen LogP contribution in [0.15, 0.2) is 12.3 Å². The van der Waals surface area contributed by atoms with Gasteiger partial charge >= 0.3 is 0 Å². The van der Waals surface area contributed by atoms with E-state index in [1.165, 1.54) is 19.3 Å². The van der Waals surface area contributed by atoms with Crippen LogP contribution in [0.4, 0.5) is 0 Å². The molecule has 0 rings (SSSR count). The van der Waals surface area contributed by atoms with Gasteiger partial charge in [-0.2, -0.15) is 0 Å².